The van der Waals surface area contributed by atoms with Gasteiger partial charge in [-0.25, -0.2) is 0 Å². The zero-order valence-corrected chi connectivity index (χ0v) is 13.6. The quantitative estimate of drug-likeness (QED) is 0.481. The molecule has 0 unspecified atom stereocenters. The highest BCUT2D eigenvalue weighted by Gasteiger charge is 2.03. The molecule has 0 bridgehead atoms. The zero-order chi connectivity index (χ0) is 13.2. The summed E-state index contributed by atoms with van der Waals surface area (Å²) in [7, 11) is 1.67. The molecule has 0 fully saturated rings. The van der Waals surface area contributed by atoms with Crippen molar-refractivity contribution in [3.63, 3.8) is 0 Å². The lowest BCUT2D eigenvalue weighted by Crippen LogP contribution is -2.07. The van der Waals surface area contributed by atoms with Crippen LogP contribution in [0.2, 0.25) is 0 Å². The molecule has 1 aromatic carbocycles. The number of benzene rings is 1. The summed E-state index contributed by atoms with van der Waals surface area (Å²) >= 11 is 6.90. The SMILES string of the molecule is COCCOCCCOc1ccc(Br)cc1CBr. The molecule has 1 rings (SSSR count). The number of alkyl halides is 1. The molecule has 0 aliphatic heterocycles. The molecule has 0 radical (unpaired) electrons. The fourth-order valence-corrected chi connectivity index (χ4v) is 2.23. The van der Waals surface area contributed by atoms with Crippen LogP contribution in [0.25, 0.3) is 0 Å². The van der Waals surface area contributed by atoms with Crippen molar-refractivity contribution < 1.29 is 14.2 Å². The van der Waals surface area contributed by atoms with Gasteiger partial charge in [0.2, 0.25) is 0 Å². The third-order valence-electron chi connectivity index (χ3n) is 2.29. The molecule has 102 valence electrons. The molecule has 0 aromatic heterocycles. The van der Waals surface area contributed by atoms with Gasteiger partial charge in [0.1, 0.15) is 5.75 Å². The van der Waals surface area contributed by atoms with Crippen LogP contribution in [-0.4, -0.2) is 33.5 Å². The Morgan fingerprint density at radius 3 is 2.67 bits per heavy atom. The zero-order valence-electron chi connectivity index (χ0n) is 10.5. The fraction of sp³-hybridized carbons (Fsp3) is 0.538. The summed E-state index contributed by atoms with van der Waals surface area (Å²) in [4.78, 5) is 0. The van der Waals surface area contributed by atoms with Crippen molar-refractivity contribution in [2.75, 3.05) is 33.5 Å². The van der Waals surface area contributed by atoms with Gasteiger partial charge in [0.25, 0.3) is 0 Å². The Kier molecular flexibility index (Phi) is 8.67. The van der Waals surface area contributed by atoms with Gasteiger partial charge in [0.05, 0.1) is 19.8 Å². The predicted molar refractivity (Wildman–Crippen MR) is 79.6 cm³/mol. The Hall–Kier alpha value is -0.100. The average Bonchev–Trinajstić information content (AvgIpc) is 2.39. The number of hydrogen-bond donors (Lipinski definition) is 0. The molecule has 5 heteroatoms. The van der Waals surface area contributed by atoms with Crippen molar-refractivity contribution in [1.82, 2.24) is 0 Å². The van der Waals surface area contributed by atoms with E-state index in [0.29, 0.717) is 26.4 Å². The van der Waals surface area contributed by atoms with Gasteiger partial charge < -0.3 is 14.2 Å². The molecule has 18 heavy (non-hydrogen) atoms. The van der Waals surface area contributed by atoms with E-state index in [2.05, 4.69) is 37.9 Å². The van der Waals surface area contributed by atoms with Gasteiger partial charge in [-0.2, -0.15) is 0 Å². The summed E-state index contributed by atoms with van der Waals surface area (Å²) in [5.41, 5.74) is 1.14. The molecule has 0 spiro atoms. The molecular weight excluding hydrogens is 364 g/mol. The van der Waals surface area contributed by atoms with Gasteiger partial charge in [-0.3, -0.25) is 0 Å². The van der Waals surface area contributed by atoms with E-state index < -0.39 is 0 Å². The van der Waals surface area contributed by atoms with Crippen LogP contribution in [0.4, 0.5) is 0 Å². The van der Waals surface area contributed by atoms with E-state index in [-0.39, 0.29) is 0 Å². The first-order valence-electron chi connectivity index (χ1n) is 5.81. The van der Waals surface area contributed by atoms with Gasteiger partial charge in [-0.1, -0.05) is 31.9 Å². The number of halogens is 2. The van der Waals surface area contributed by atoms with Crippen molar-refractivity contribution >= 4 is 31.9 Å². The number of hydrogen-bond acceptors (Lipinski definition) is 3. The number of ether oxygens (including phenoxy) is 3. The van der Waals surface area contributed by atoms with E-state index in [1.165, 1.54) is 0 Å². The van der Waals surface area contributed by atoms with E-state index in [1.807, 2.05) is 12.1 Å². The second-order valence-electron chi connectivity index (χ2n) is 3.69. The maximum atomic E-state index is 5.73. The standard InChI is InChI=1S/C13H18Br2O3/c1-16-7-8-17-5-2-6-18-13-4-3-12(15)9-11(13)10-14/h3-4,9H,2,5-8,10H2,1H3. The minimum absolute atomic E-state index is 0.640. The summed E-state index contributed by atoms with van der Waals surface area (Å²) in [6.45, 7) is 2.64. The molecule has 0 saturated heterocycles. The lowest BCUT2D eigenvalue weighted by atomic mass is 10.2. The molecular formula is C13H18Br2O3. The van der Waals surface area contributed by atoms with E-state index in [4.69, 9.17) is 14.2 Å². The summed E-state index contributed by atoms with van der Waals surface area (Å²) in [5.74, 6) is 0.923. The van der Waals surface area contributed by atoms with Crippen LogP contribution < -0.4 is 4.74 Å². The Bertz CT molecular complexity index is 345. The minimum atomic E-state index is 0.640. The topological polar surface area (TPSA) is 27.7 Å². The first kappa shape index (κ1) is 16.0. The maximum Gasteiger partial charge on any atom is 0.123 e. The molecule has 0 amide bonds. The number of rotatable bonds is 9. The van der Waals surface area contributed by atoms with Crippen LogP contribution >= 0.6 is 31.9 Å². The first-order valence-corrected chi connectivity index (χ1v) is 7.73. The largest absolute Gasteiger partial charge is 0.493 e. The molecule has 0 atom stereocenters. The van der Waals surface area contributed by atoms with Crippen LogP contribution in [0, 0.1) is 0 Å². The van der Waals surface area contributed by atoms with Gasteiger partial charge in [0.15, 0.2) is 0 Å². The lowest BCUT2D eigenvalue weighted by Gasteiger charge is -2.10. The molecule has 0 N–H and O–H groups in total. The van der Waals surface area contributed by atoms with E-state index in [9.17, 15) is 0 Å². The first-order chi connectivity index (χ1) is 8.77. The van der Waals surface area contributed by atoms with Gasteiger partial charge in [-0.05, 0) is 18.2 Å². The predicted octanol–water partition coefficient (Wildman–Crippen LogP) is 3.78. The molecule has 1 aromatic rings. The van der Waals surface area contributed by atoms with Crippen molar-refractivity contribution in [3.05, 3.63) is 28.2 Å². The van der Waals surface area contributed by atoms with E-state index in [0.717, 1.165) is 27.5 Å². The van der Waals surface area contributed by atoms with Crippen LogP contribution in [0.5, 0.6) is 5.75 Å². The summed E-state index contributed by atoms with van der Waals surface area (Å²) in [5, 5.41) is 0.784. The van der Waals surface area contributed by atoms with Gasteiger partial charge in [-0.15, -0.1) is 0 Å². The van der Waals surface area contributed by atoms with Crippen molar-refractivity contribution in [3.8, 4) is 5.75 Å². The normalized spacial score (nSPS) is 10.6. The summed E-state index contributed by atoms with van der Waals surface area (Å²) < 4.78 is 17.0. The van der Waals surface area contributed by atoms with Crippen molar-refractivity contribution in [2.45, 2.75) is 11.8 Å². The van der Waals surface area contributed by atoms with Crippen LogP contribution in [-0.2, 0) is 14.8 Å². The highest BCUT2D eigenvalue weighted by atomic mass is 79.9. The minimum Gasteiger partial charge on any atom is -0.493 e. The second-order valence-corrected chi connectivity index (χ2v) is 5.17. The second kappa shape index (κ2) is 9.78. The van der Waals surface area contributed by atoms with Crippen molar-refractivity contribution in [1.29, 1.82) is 0 Å². The smallest absolute Gasteiger partial charge is 0.123 e. The summed E-state index contributed by atoms with van der Waals surface area (Å²) in [6, 6.07) is 6.02. The van der Waals surface area contributed by atoms with Crippen LogP contribution in [0.15, 0.2) is 22.7 Å². The molecule has 0 aliphatic rings. The Morgan fingerprint density at radius 2 is 1.94 bits per heavy atom. The molecule has 0 saturated carbocycles. The Balaban J connectivity index is 2.22. The van der Waals surface area contributed by atoms with Gasteiger partial charge in [0, 0.05) is 35.5 Å². The molecule has 3 nitrogen and oxygen atoms in total. The Labute approximate surface area is 125 Å². The molecule has 0 heterocycles. The Morgan fingerprint density at radius 1 is 1.11 bits per heavy atom. The van der Waals surface area contributed by atoms with Gasteiger partial charge >= 0.3 is 0 Å². The van der Waals surface area contributed by atoms with Crippen LogP contribution in [0.1, 0.15) is 12.0 Å². The monoisotopic (exact) mass is 380 g/mol. The van der Waals surface area contributed by atoms with E-state index >= 15 is 0 Å². The average molecular weight is 382 g/mol. The third kappa shape index (κ3) is 6.18. The highest BCUT2D eigenvalue weighted by molar-refractivity contribution is 9.10. The van der Waals surface area contributed by atoms with Crippen LogP contribution in [0.3, 0.4) is 0 Å². The summed E-state index contributed by atoms with van der Waals surface area (Å²) in [6.07, 6.45) is 0.876. The third-order valence-corrected chi connectivity index (χ3v) is 3.39. The lowest BCUT2D eigenvalue weighted by molar-refractivity contribution is 0.0644. The van der Waals surface area contributed by atoms with Crippen molar-refractivity contribution in [2.24, 2.45) is 0 Å². The maximum absolute atomic E-state index is 5.73. The van der Waals surface area contributed by atoms with E-state index in [1.54, 1.807) is 7.11 Å². The fourth-order valence-electron chi connectivity index (χ4n) is 1.38. The highest BCUT2D eigenvalue weighted by Crippen LogP contribution is 2.25. The number of methoxy groups -OCH3 is 1. The molecule has 0 aliphatic carbocycles.